The van der Waals surface area contributed by atoms with Crippen LogP contribution in [-0.4, -0.2) is 41.6 Å². The zero-order chi connectivity index (χ0) is 19.3. The van der Waals surface area contributed by atoms with Crippen LogP contribution in [0.1, 0.15) is 30.9 Å². The van der Waals surface area contributed by atoms with E-state index in [4.69, 9.17) is 4.74 Å². The Hall–Kier alpha value is -2.66. The van der Waals surface area contributed by atoms with Gasteiger partial charge in [-0.1, -0.05) is 67.6 Å². The van der Waals surface area contributed by atoms with Gasteiger partial charge >= 0.3 is 5.97 Å². The summed E-state index contributed by atoms with van der Waals surface area (Å²) in [5.74, 6) is -0.624. The Balaban J connectivity index is 1.77. The molecule has 1 N–H and O–H groups in total. The van der Waals surface area contributed by atoms with Crippen molar-refractivity contribution in [2.24, 2.45) is 5.92 Å². The molecule has 1 aliphatic heterocycles. The first-order valence-electron chi connectivity index (χ1n) is 9.30. The number of rotatable bonds is 5. The molecule has 1 heterocycles. The van der Waals surface area contributed by atoms with Gasteiger partial charge < -0.3 is 14.7 Å². The van der Waals surface area contributed by atoms with Crippen molar-refractivity contribution in [1.29, 1.82) is 0 Å². The number of hydrogen-bond donors (Lipinski definition) is 1. The molecule has 1 saturated heterocycles. The fraction of sp³-hybridized carbons (Fsp3) is 0.364. The van der Waals surface area contributed by atoms with Gasteiger partial charge in [0.25, 0.3) is 5.91 Å². The summed E-state index contributed by atoms with van der Waals surface area (Å²) in [5.41, 5.74) is -1.15. The predicted octanol–water partition coefficient (Wildman–Crippen LogP) is 2.72. The third kappa shape index (κ3) is 4.19. The molecule has 1 amide bonds. The van der Waals surface area contributed by atoms with Gasteiger partial charge in [0.15, 0.2) is 6.61 Å². The normalized spacial score (nSPS) is 17.4. The standard InChI is InChI=1S/C22H25NO4/c1-17-9-8-14-23(15-17)20(24)16-27-21(25)22(26,18-10-4-2-5-11-18)19-12-6-3-7-13-19/h2-7,10-13,17,26H,8-9,14-16H2,1H3/t17-/m1/s1. The van der Waals surface area contributed by atoms with Gasteiger partial charge in [0.05, 0.1) is 0 Å². The molecule has 1 fully saturated rings. The van der Waals surface area contributed by atoms with Gasteiger partial charge in [-0.05, 0) is 29.9 Å². The Morgan fingerprint density at radius 3 is 2.15 bits per heavy atom. The quantitative estimate of drug-likeness (QED) is 0.825. The topological polar surface area (TPSA) is 66.8 Å². The molecule has 0 radical (unpaired) electrons. The number of carbonyl (C=O) groups is 2. The Labute approximate surface area is 159 Å². The fourth-order valence-corrected chi connectivity index (χ4v) is 3.50. The Morgan fingerprint density at radius 1 is 1.07 bits per heavy atom. The average Bonchev–Trinajstić information content (AvgIpc) is 2.72. The van der Waals surface area contributed by atoms with E-state index in [-0.39, 0.29) is 12.5 Å². The summed E-state index contributed by atoms with van der Waals surface area (Å²) >= 11 is 0. The smallest absolute Gasteiger partial charge is 0.348 e. The van der Waals surface area contributed by atoms with Gasteiger partial charge in [-0.3, -0.25) is 4.79 Å². The maximum absolute atomic E-state index is 12.9. The minimum absolute atomic E-state index is 0.224. The van der Waals surface area contributed by atoms with Crippen LogP contribution in [0.15, 0.2) is 60.7 Å². The summed E-state index contributed by atoms with van der Waals surface area (Å²) in [6, 6.07) is 17.3. The SMILES string of the molecule is C[C@@H]1CCCN(C(=O)COC(=O)C(O)(c2ccccc2)c2ccccc2)C1. The van der Waals surface area contributed by atoms with Crippen molar-refractivity contribution >= 4 is 11.9 Å². The van der Waals surface area contributed by atoms with Gasteiger partial charge in [-0.2, -0.15) is 0 Å². The van der Waals surface area contributed by atoms with Crippen molar-refractivity contribution in [2.75, 3.05) is 19.7 Å². The van der Waals surface area contributed by atoms with Crippen LogP contribution in [0.4, 0.5) is 0 Å². The third-order valence-electron chi connectivity index (χ3n) is 5.01. The highest BCUT2D eigenvalue weighted by Crippen LogP contribution is 2.31. The predicted molar refractivity (Wildman–Crippen MR) is 102 cm³/mol. The summed E-state index contributed by atoms with van der Waals surface area (Å²) in [6.07, 6.45) is 2.06. The molecule has 0 bridgehead atoms. The van der Waals surface area contributed by atoms with Crippen LogP contribution in [0.3, 0.4) is 0 Å². The van der Waals surface area contributed by atoms with Crippen LogP contribution in [0.5, 0.6) is 0 Å². The first kappa shape index (κ1) is 19.1. The second-order valence-corrected chi connectivity index (χ2v) is 7.11. The molecule has 142 valence electrons. The first-order chi connectivity index (χ1) is 13.0. The van der Waals surface area contributed by atoms with Gasteiger partial charge in [-0.15, -0.1) is 0 Å². The molecule has 2 aromatic carbocycles. The number of ether oxygens (including phenoxy) is 1. The Kier molecular flexibility index (Phi) is 5.91. The monoisotopic (exact) mass is 367 g/mol. The second kappa shape index (κ2) is 8.35. The lowest BCUT2D eigenvalue weighted by atomic mass is 9.86. The molecule has 0 aromatic heterocycles. The molecule has 0 aliphatic carbocycles. The van der Waals surface area contributed by atoms with Crippen molar-refractivity contribution in [3.05, 3.63) is 71.8 Å². The van der Waals surface area contributed by atoms with Gasteiger partial charge in [0.1, 0.15) is 0 Å². The highest BCUT2D eigenvalue weighted by atomic mass is 16.6. The summed E-state index contributed by atoms with van der Waals surface area (Å²) in [5, 5.41) is 11.3. The molecule has 0 unspecified atom stereocenters. The summed E-state index contributed by atoms with van der Waals surface area (Å²) in [4.78, 5) is 27.0. The third-order valence-corrected chi connectivity index (χ3v) is 5.01. The molecular formula is C22H25NO4. The van der Waals surface area contributed by atoms with Crippen molar-refractivity contribution < 1.29 is 19.4 Å². The molecule has 3 rings (SSSR count). The second-order valence-electron chi connectivity index (χ2n) is 7.11. The summed E-state index contributed by atoms with van der Waals surface area (Å²) in [7, 11) is 0. The van der Waals surface area contributed by atoms with E-state index in [0.29, 0.717) is 30.1 Å². The lowest BCUT2D eigenvalue weighted by Crippen LogP contribution is -2.44. The summed E-state index contributed by atoms with van der Waals surface area (Å²) < 4.78 is 5.29. The Bertz CT molecular complexity index is 736. The van der Waals surface area contributed by atoms with Crippen molar-refractivity contribution in [2.45, 2.75) is 25.4 Å². The van der Waals surface area contributed by atoms with Crippen molar-refractivity contribution in [3.63, 3.8) is 0 Å². The number of benzene rings is 2. The molecule has 1 aliphatic rings. The van der Waals surface area contributed by atoms with Crippen LogP contribution in [-0.2, 0) is 19.9 Å². The molecule has 2 aromatic rings. The van der Waals surface area contributed by atoms with Crippen LogP contribution in [0, 0.1) is 5.92 Å². The maximum Gasteiger partial charge on any atom is 0.348 e. The van der Waals surface area contributed by atoms with E-state index in [1.165, 1.54) is 0 Å². The number of likely N-dealkylation sites (tertiary alicyclic amines) is 1. The molecule has 0 spiro atoms. The van der Waals surface area contributed by atoms with E-state index in [0.717, 1.165) is 12.8 Å². The number of esters is 1. The number of piperidine rings is 1. The largest absolute Gasteiger partial charge is 0.453 e. The van der Waals surface area contributed by atoms with Crippen molar-refractivity contribution in [3.8, 4) is 0 Å². The minimum atomic E-state index is -1.96. The van der Waals surface area contributed by atoms with Gasteiger partial charge in [-0.25, -0.2) is 4.79 Å². The molecule has 27 heavy (non-hydrogen) atoms. The number of carbonyl (C=O) groups excluding carboxylic acids is 2. The fourth-order valence-electron chi connectivity index (χ4n) is 3.50. The van der Waals surface area contributed by atoms with E-state index in [1.54, 1.807) is 65.6 Å². The van der Waals surface area contributed by atoms with Crippen LogP contribution in [0.2, 0.25) is 0 Å². The molecule has 0 saturated carbocycles. The summed E-state index contributed by atoms with van der Waals surface area (Å²) in [6.45, 7) is 3.10. The van der Waals surface area contributed by atoms with E-state index in [9.17, 15) is 14.7 Å². The Morgan fingerprint density at radius 2 is 1.63 bits per heavy atom. The number of amides is 1. The van der Waals surface area contributed by atoms with E-state index >= 15 is 0 Å². The number of hydrogen-bond acceptors (Lipinski definition) is 4. The maximum atomic E-state index is 12.9. The van der Waals surface area contributed by atoms with E-state index in [1.807, 2.05) is 0 Å². The van der Waals surface area contributed by atoms with Gasteiger partial charge in [0.2, 0.25) is 5.60 Å². The van der Waals surface area contributed by atoms with E-state index < -0.39 is 11.6 Å². The minimum Gasteiger partial charge on any atom is -0.453 e. The highest BCUT2D eigenvalue weighted by Gasteiger charge is 2.42. The molecular weight excluding hydrogens is 342 g/mol. The molecule has 5 nitrogen and oxygen atoms in total. The van der Waals surface area contributed by atoms with Crippen molar-refractivity contribution in [1.82, 2.24) is 4.90 Å². The first-order valence-corrected chi connectivity index (χ1v) is 9.30. The molecule has 5 heteroatoms. The van der Waals surface area contributed by atoms with Crippen LogP contribution >= 0.6 is 0 Å². The van der Waals surface area contributed by atoms with Crippen LogP contribution in [0.25, 0.3) is 0 Å². The van der Waals surface area contributed by atoms with E-state index in [2.05, 4.69) is 6.92 Å². The lowest BCUT2D eigenvalue weighted by molar-refractivity contribution is -0.166. The zero-order valence-electron chi connectivity index (χ0n) is 15.5. The zero-order valence-corrected chi connectivity index (χ0v) is 15.5. The van der Waals surface area contributed by atoms with Crippen LogP contribution < -0.4 is 0 Å². The molecule has 1 atom stereocenters. The highest BCUT2D eigenvalue weighted by molar-refractivity contribution is 5.88. The number of nitrogens with zero attached hydrogens (tertiary/aromatic N) is 1. The number of aliphatic hydroxyl groups is 1. The average molecular weight is 367 g/mol. The van der Waals surface area contributed by atoms with Gasteiger partial charge in [0, 0.05) is 13.1 Å². The lowest BCUT2D eigenvalue weighted by Gasteiger charge is -2.31.